The van der Waals surface area contributed by atoms with Crippen molar-refractivity contribution in [2.75, 3.05) is 0 Å². The summed E-state index contributed by atoms with van der Waals surface area (Å²) in [6, 6.07) is 7.28. The van der Waals surface area contributed by atoms with Crippen molar-refractivity contribution >= 4 is 28.8 Å². The van der Waals surface area contributed by atoms with E-state index in [2.05, 4.69) is 5.43 Å². The molecule has 106 valence electrons. The van der Waals surface area contributed by atoms with Crippen LogP contribution in [0, 0.1) is 13.8 Å². The molecule has 1 heterocycles. The molecule has 3 N–H and O–H groups in total. The van der Waals surface area contributed by atoms with Crippen LogP contribution in [0.4, 0.5) is 0 Å². The number of hydrogen-bond donors (Lipinski definition) is 2. The zero-order chi connectivity index (χ0) is 14.7. The normalized spacial score (nSPS) is 10.4. The third-order valence-electron chi connectivity index (χ3n) is 2.90. The number of nitrogens with one attached hydrogen (secondary N) is 1. The van der Waals surface area contributed by atoms with Crippen LogP contribution in [0.2, 0.25) is 5.02 Å². The summed E-state index contributed by atoms with van der Waals surface area (Å²) in [7, 11) is 0. The molecule has 0 unspecified atom stereocenters. The summed E-state index contributed by atoms with van der Waals surface area (Å²) in [5.74, 6) is 5.62. The van der Waals surface area contributed by atoms with Gasteiger partial charge in [-0.25, -0.2) is 5.84 Å². The number of ether oxygens (including phenoxy) is 1. The van der Waals surface area contributed by atoms with Crippen molar-refractivity contribution in [1.29, 1.82) is 0 Å². The van der Waals surface area contributed by atoms with Crippen molar-refractivity contribution < 1.29 is 9.53 Å². The van der Waals surface area contributed by atoms with Gasteiger partial charge < -0.3 is 4.74 Å². The fraction of sp³-hybridized carbons (Fsp3) is 0.214. The topological polar surface area (TPSA) is 64.3 Å². The lowest BCUT2D eigenvalue weighted by Crippen LogP contribution is -2.29. The molecule has 1 amide bonds. The Hall–Kier alpha value is -1.56. The summed E-state index contributed by atoms with van der Waals surface area (Å²) in [6.07, 6.45) is 0. The monoisotopic (exact) mass is 310 g/mol. The number of carbonyl (C=O) groups excluding carboxylic acids is 1. The number of hydrogen-bond acceptors (Lipinski definition) is 4. The molecule has 6 heteroatoms. The Morgan fingerprint density at radius 1 is 1.40 bits per heavy atom. The third-order valence-corrected chi connectivity index (χ3v) is 4.22. The van der Waals surface area contributed by atoms with E-state index in [0.717, 1.165) is 21.8 Å². The average Bonchev–Trinajstić information content (AvgIpc) is 2.78. The van der Waals surface area contributed by atoms with Crippen molar-refractivity contribution in [1.82, 2.24) is 5.43 Å². The van der Waals surface area contributed by atoms with Crippen molar-refractivity contribution in [2.45, 2.75) is 20.5 Å². The third kappa shape index (κ3) is 3.30. The Kier molecular flexibility index (Phi) is 4.65. The average molecular weight is 311 g/mol. The summed E-state index contributed by atoms with van der Waals surface area (Å²) in [6.45, 7) is 4.29. The quantitative estimate of drug-likeness (QED) is 0.518. The highest BCUT2D eigenvalue weighted by atomic mass is 35.5. The Labute approximate surface area is 126 Å². The number of nitrogens with two attached hydrogens (primary N) is 1. The minimum absolute atomic E-state index is 0.285. The van der Waals surface area contributed by atoms with Crippen LogP contribution in [0.25, 0.3) is 0 Å². The van der Waals surface area contributed by atoms with Gasteiger partial charge in [0.15, 0.2) is 0 Å². The van der Waals surface area contributed by atoms with Crippen LogP contribution in [-0.2, 0) is 6.61 Å². The molecule has 0 aliphatic carbocycles. The lowest BCUT2D eigenvalue weighted by molar-refractivity contribution is 0.0957. The highest BCUT2D eigenvalue weighted by molar-refractivity contribution is 7.14. The molecule has 1 aromatic carbocycles. The van der Waals surface area contributed by atoms with Gasteiger partial charge in [-0.3, -0.25) is 10.2 Å². The Balaban J connectivity index is 2.11. The number of benzene rings is 1. The molecule has 0 saturated carbocycles. The summed E-state index contributed by atoms with van der Waals surface area (Å²) >= 11 is 7.30. The van der Waals surface area contributed by atoms with Gasteiger partial charge in [0.25, 0.3) is 5.91 Å². The molecule has 0 spiro atoms. The van der Waals surface area contributed by atoms with Crippen molar-refractivity contribution in [2.24, 2.45) is 5.84 Å². The molecule has 0 bridgehead atoms. The number of hydrazine groups is 1. The summed E-state index contributed by atoms with van der Waals surface area (Å²) in [5.41, 5.74) is 4.08. The second-order valence-corrected chi connectivity index (χ2v) is 6.06. The molecule has 2 rings (SSSR count). The number of aryl methyl sites for hydroxylation is 2. The van der Waals surface area contributed by atoms with Gasteiger partial charge in [0.05, 0.1) is 4.88 Å². The lowest BCUT2D eigenvalue weighted by Gasteiger charge is -2.09. The molecule has 1 aromatic heterocycles. The van der Waals surface area contributed by atoms with E-state index in [1.54, 1.807) is 12.1 Å². The number of nitrogen functional groups attached to an aromatic ring is 1. The fourth-order valence-electron chi connectivity index (χ4n) is 1.78. The van der Waals surface area contributed by atoms with Gasteiger partial charge in [0.2, 0.25) is 0 Å². The van der Waals surface area contributed by atoms with Gasteiger partial charge in [-0.05, 0) is 43.7 Å². The maximum absolute atomic E-state index is 11.5. The van der Waals surface area contributed by atoms with Gasteiger partial charge >= 0.3 is 0 Å². The summed E-state index contributed by atoms with van der Waals surface area (Å²) < 4.78 is 5.77. The highest BCUT2D eigenvalue weighted by Crippen LogP contribution is 2.26. The second kappa shape index (κ2) is 6.26. The predicted molar refractivity (Wildman–Crippen MR) is 81.2 cm³/mol. The van der Waals surface area contributed by atoms with E-state index in [1.165, 1.54) is 11.3 Å². The molecule has 2 aromatic rings. The van der Waals surface area contributed by atoms with Crippen LogP contribution in [0.5, 0.6) is 5.75 Å². The zero-order valence-corrected chi connectivity index (χ0v) is 12.8. The van der Waals surface area contributed by atoms with E-state index < -0.39 is 0 Å². The van der Waals surface area contributed by atoms with Gasteiger partial charge in [-0.2, -0.15) is 0 Å². The second-order valence-electron chi connectivity index (χ2n) is 4.36. The molecule has 0 aliphatic rings. The van der Waals surface area contributed by atoms with Crippen molar-refractivity contribution in [3.63, 3.8) is 0 Å². The first kappa shape index (κ1) is 14.8. The van der Waals surface area contributed by atoms with Crippen molar-refractivity contribution in [3.05, 3.63) is 50.2 Å². The minimum Gasteiger partial charge on any atom is -0.489 e. The predicted octanol–water partition coefficient (Wildman–Crippen LogP) is 3.20. The summed E-state index contributed by atoms with van der Waals surface area (Å²) in [4.78, 5) is 13.1. The highest BCUT2D eigenvalue weighted by Gasteiger charge is 2.12. The first-order valence-corrected chi connectivity index (χ1v) is 7.20. The fourth-order valence-corrected chi connectivity index (χ4v) is 2.93. The molecular formula is C14H15ClN2O2S. The van der Waals surface area contributed by atoms with E-state index in [0.29, 0.717) is 16.5 Å². The van der Waals surface area contributed by atoms with E-state index in [9.17, 15) is 4.79 Å². The molecule has 0 fully saturated rings. The van der Waals surface area contributed by atoms with Crippen LogP contribution in [0.1, 0.15) is 25.7 Å². The Morgan fingerprint density at radius 3 is 2.80 bits per heavy atom. The lowest BCUT2D eigenvalue weighted by atomic mass is 10.2. The van der Waals surface area contributed by atoms with Gasteiger partial charge in [-0.1, -0.05) is 11.6 Å². The van der Waals surface area contributed by atoms with Crippen molar-refractivity contribution in [3.8, 4) is 5.75 Å². The minimum atomic E-state index is -0.285. The molecule has 0 atom stereocenters. The number of carbonyl (C=O) groups is 1. The first-order valence-electron chi connectivity index (χ1n) is 6.00. The maximum Gasteiger partial charge on any atom is 0.275 e. The summed E-state index contributed by atoms with van der Waals surface area (Å²) in [5, 5.41) is 0.684. The standard InChI is InChI=1S/C14H15ClN2O2S/c1-8-5-11(15)3-4-12(8)19-7-10-6-13(14(18)17-16)20-9(10)2/h3-6H,7,16H2,1-2H3,(H,17,18). The molecular weight excluding hydrogens is 296 g/mol. The number of thiophene rings is 1. The Bertz CT molecular complexity index is 640. The number of amides is 1. The van der Waals surface area contributed by atoms with E-state index in [1.807, 2.05) is 26.0 Å². The van der Waals surface area contributed by atoms with E-state index in [4.69, 9.17) is 22.2 Å². The molecule has 0 aliphatic heterocycles. The smallest absolute Gasteiger partial charge is 0.275 e. The van der Waals surface area contributed by atoms with Gasteiger partial charge in [-0.15, -0.1) is 11.3 Å². The molecule has 0 radical (unpaired) electrons. The number of halogens is 1. The van der Waals surface area contributed by atoms with Crippen LogP contribution in [0.3, 0.4) is 0 Å². The van der Waals surface area contributed by atoms with Gasteiger partial charge in [0, 0.05) is 15.5 Å². The number of rotatable bonds is 4. The maximum atomic E-state index is 11.5. The van der Waals surface area contributed by atoms with E-state index >= 15 is 0 Å². The van der Waals surface area contributed by atoms with Gasteiger partial charge in [0.1, 0.15) is 12.4 Å². The molecule has 0 saturated heterocycles. The largest absolute Gasteiger partial charge is 0.489 e. The van der Waals surface area contributed by atoms with Crippen LogP contribution in [-0.4, -0.2) is 5.91 Å². The molecule has 20 heavy (non-hydrogen) atoms. The van der Waals surface area contributed by atoms with Crippen LogP contribution < -0.4 is 16.0 Å². The SMILES string of the molecule is Cc1cc(Cl)ccc1OCc1cc(C(=O)NN)sc1C. The van der Waals surface area contributed by atoms with Crippen LogP contribution >= 0.6 is 22.9 Å². The zero-order valence-electron chi connectivity index (χ0n) is 11.2. The molecule has 4 nitrogen and oxygen atoms in total. The first-order chi connectivity index (χ1) is 9.51. The van der Waals surface area contributed by atoms with E-state index in [-0.39, 0.29) is 5.91 Å². The Morgan fingerprint density at radius 2 is 2.15 bits per heavy atom. The van der Waals surface area contributed by atoms with Crippen LogP contribution in [0.15, 0.2) is 24.3 Å².